The van der Waals surface area contributed by atoms with Gasteiger partial charge in [0.1, 0.15) is 0 Å². The zero-order valence-electron chi connectivity index (χ0n) is 14.0. The van der Waals surface area contributed by atoms with Crippen molar-refractivity contribution in [1.82, 2.24) is 15.1 Å². The van der Waals surface area contributed by atoms with Gasteiger partial charge < -0.3 is 20.2 Å². The fourth-order valence-corrected chi connectivity index (χ4v) is 2.85. The molecule has 1 atom stereocenters. The summed E-state index contributed by atoms with van der Waals surface area (Å²) in [6.45, 7) is 14.2. The molecule has 1 heterocycles. The molecule has 0 radical (unpaired) electrons. The van der Waals surface area contributed by atoms with Crippen molar-refractivity contribution in [2.24, 2.45) is 5.92 Å². The Morgan fingerprint density at radius 1 is 1.10 bits per heavy atom. The van der Waals surface area contributed by atoms with E-state index in [0.29, 0.717) is 0 Å². The minimum Gasteiger partial charge on any atom is -0.394 e. The van der Waals surface area contributed by atoms with Crippen LogP contribution in [0.2, 0.25) is 0 Å². The summed E-state index contributed by atoms with van der Waals surface area (Å²) in [5.74, 6) is 0.777. The summed E-state index contributed by atoms with van der Waals surface area (Å²) in [5, 5.41) is 12.6. The fraction of sp³-hybridized carbons (Fsp3) is 1.00. The van der Waals surface area contributed by atoms with Crippen LogP contribution >= 0.6 is 0 Å². The number of likely N-dealkylation sites (N-methyl/N-ethyl adjacent to an activating group) is 1. The van der Waals surface area contributed by atoms with Gasteiger partial charge in [0, 0.05) is 38.3 Å². The quantitative estimate of drug-likeness (QED) is 0.628. The van der Waals surface area contributed by atoms with E-state index in [1.165, 1.54) is 52.1 Å². The van der Waals surface area contributed by atoms with E-state index in [1.54, 1.807) is 0 Å². The maximum atomic E-state index is 9.36. The third kappa shape index (κ3) is 6.53. The second kappa shape index (κ2) is 8.98. The van der Waals surface area contributed by atoms with Crippen molar-refractivity contribution in [2.45, 2.75) is 45.6 Å². The molecule has 0 aromatic carbocycles. The molecule has 1 fully saturated rings. The number of aliphatic hydroxyl groups excluding tert-OH is 1. The number of piperazine rings is 1. The molecular formula is C16H35N3O. The van der Waals surface area contributed by atoms with E-state index in [1.807, 2.05) is 7.05 Å². The second-order valence-corrected chi connectivity index (χ2v) is 6.96. The van der Waals surface area contributed by atoms with Crippen molar-refractivity contribution in [1.29, 1.82) is 0 Å². The lowest BCUT2D eigenvalue weighted by Crippen LogP contribution is -2.47. The third-order valence-corrected chi connectivity index (χ3v) is 4.49. The minimum atomic E-state index is -0.101. The molecular weight excluding hydrogens is 250 g/mol. The van der Waals surface area contributed by atoms with Gasteiger partial charge in [0.05, 0.1) is 6.61 Å². The Morgan fingerprint density at radius 3 is 2.20 bits per heavy atom. The Labute approximate surface area is 125 Å². The van der Waals surface area contributed by atoms with Gasteiger partial charge in [-0.3, -0.25) is 0 Å². The Morgan fingerprint density at radius 2 is 1.70 bits per heavy atom. The maximum Gasteiger partial charge on any atom is 0.0610 e. The monoisotopic (exact) mass is 285 g/mol. The largest absolute Gasteiger partial charge is 0.394 e. The summed E-state index contributed by atoms with van der Waals surface area (Å²) >= 11 is 0. The molecule has 0 spiro atoms. The van der Waals surface area contributed by atoms with Crippen LogP contribution in [0.5, 0.6) is 0 Å². The summed E-state index contributed by atoms with van der Waals surface area (Å²) < 4.78 is 0. The molecule has 2 N–H and O–H groups in total. The summed E-state index contributed by atoms with van der Waals surface area (Å²) in [4.78, 5) is 5.18. The Bertz CT molecular complexity index is 246. The maximum absolute atomic E-state index is 9.36. The molecule has 0 bridgehead atoms. The fourth-order valence-electron chi connectivity index (χ4n) is 2.85. The number of aliphatic hydroxyl groups is 1. The number of hydrogen-bond acceptors (Lipinski definition) is 4. The lowest BCUT2D eigenvalue weighted by molar-refractivity contribution is 0.118. The van der Waals surface area contributed by atoms with Crippen LogP contribution in [0.15, 0.2) is 0 Å². The molecule has 1 aliphatic heterocycles. The predicted molar refractivity (Wildman–Crippen MR) is 86.1 cm³/mol. The van der Waals surface area contributed by atoms with Crippen molar-refractivity contribution >= 4 is 0 Å². The molecule has 1 unspecified atom stereocenters. The average Bonchev–Trinajstić information content (AvgIpc) is 2.44. The molecule has 1 aliphatic rings. The highest BCUT2D eigenvalue weighted by Crippen LogP contribution is 2.13. The van der Waals surface area contributed by atoms with E-state index in [0.717, 1.165) is 12.3 Å². The van der Waals surface area contributed by atoms with Gasteiger partial charge in [-0.05, 0) is 39.3 Å². The van der Waals surface area contributed by atoms with E-state index < -0.39 is 0 Å². The Hall–Kier alpha value is -0.160. The van der Waals surface area contributed by atoms with Crippen LogP contribution < -0.4 is 5.32 Å². The molecule has 0 aromatic heterocycles. The van der Waals surface area contributed by atoms with Crippen LogP contribution in [0.25, 0.3) is 0 Å². The van der Waals surface area contributed by atoms with Gasteiger partial charge in [0.15, 0.2) is 0 Å². The molecule has 120 valence electrons. The highest BCUT2D eigenvalue weighted by molar-refractivity contribution is 4.80. The average molecular weight is 285 g/mol. The summed E-state index contributed by atoms with van der Waals surface area (Å²) in [7, 11) is 1.93. The molecule has 4 nitrogen and oxygen atoms in total. The van der Waals surface area contributed by atoms with Gasteiger partial charge in [0.2, 0.25) is 0 Å². The van der Waals surface area contributed by atoms with Crippen molar-refractivity contribution in [2.75, 3.05) is 52.9 Å². The molecule has 1 rings (SSSR count). The number of unbranched alkanes of at least 4 members (excludes halogenated alkanes) is 1. The highest BCUT2D eigenvalue weighted by atomic mass is 16.3. The third-order valence-electron chi connectivity index (χ3n) is 4.49. The molecule has 20 heavy (non-hydrogen) atoms. The number of nitrogens with zero attached hydrogens (tertiary/aromatic N) is 2. The second-order valence-electron chi connectivity index (χ2n) is 6.96. The van der Waals surface area contributed by atoms with Crippen molar-refractivity contribution in [3.63, 3.8) is 0 Å². The van der Waals surface area contributed by atoms with Gasteiger partial charge in [0.25, 0.3) is 0 Å². The zero-order valence-corrected chi connectivity index (χ0v) is 14.0. The first kappa shape index (κ1) is 17.9. The van der Waals surface area contributed by atoms with Gasteiger partial charge >= 0.3 is 0 Å². The first-order valence-electron chi connectivity index (χ1n) is 8.23. The summed E-state index contributed by atoms with van der Waals surface area (Å²) in [5.41, 5.74) is -0.101. The zero-order chi connectivity index (χ0) is 15.0. The Kier molecular flexibility index (Phi) is 8.03. The van der Waals surface area contributed by atoms with E-state index in [9.17, 15) is 5.11 Å². The van der Waals surface area contributed by atoms with Gasteiger partial charge in [-0.2, -0.15) is 0 Å². The van der Waals surface area contributed by atoms with Crippen molar-refractivity contribution in [3.05, 3.63) is 0 Å². The van der Waals surface area contributed by atoms with E-state index in [4.69, 9.17) is 0 Å². The summed E-state index contributed by atoms with van der Waals surface area (Å²) in [6.07, 6.45) is 3.47. The smallest absolute Gasteiger partial charge is 0.0610 e. The Balaban J connectivity index is 2.10. The molecule has 0 aromatic rings. The molecule has 4 heteroatoms. The van der Waals surface area contributed by atoms with Crippen LogP contribution in [0.1, 0.15) is 40.0 Å². The van der Waals surface area contributed by atoms with Crippen LogP contribution in [0.4, 0.5) is 0 Å². The standard InChI is InChI=1S/C16H35N3O/c1-15(2)13-19-11-9-18(10-12-19)8-6-5-7-16(3,14-20)17-4/h15,17,20H,5-14H2,1-4H3. The molecule has 0 amide bonds. The van der Waals surface area contributed by atoms with E-state index in [2.05, 4.69) is 35.9 Å². The number of rotatable bonds is 9. The van der Waals surface area contributed by atoms with Crippen LogP contribution in [0, 0.1) is 5.92 Å². The van der Waals surface area contributed by atoms with Gasteiger partial charge in [-0.1, -0.05) is 20.3 Å². The van der Waals surface area contributed by atoms with E-state index in [-0.39, 0.29) is 12.1 Å². The van der Waals surface area contributed by atoms with Crippen LogP contribution in [-0.4, -0.2) is 73.4 Å². The first-order valence-corrected chi connectivity index (χ1v) is 8.23. The predicted octanol–water partition coefficient (Wildman–Crippen LogP) is 1.40. The van der Waals surface area contributed by atoms with E-state index >= 15 is 0 Å². The first-order chi connectivity index (χ1) is 9.49. The lowest BCUT2D eigenvalue weighted by atomic mass is 9.96. The highest BCUT2D eigenvalue weighted by Gasteiger charge is 2.20. The summed E-state index contributed by atoms with van der Waals surface area (Å²) in [6, 6.07) is 0. The van der Waals surface area contributed by atoms with Gasteiger partial charge in [-0.25, -0.2) is 0 Å². The van der Waals surface area contributed by atoms with Crippen molar-refractivity contribution < 1.29 is 5.11 Å². The number of hydrogen-bond donors (Lipinski definition) is 2. The van der Waals surface area contributed by atoms with Crippen LogP contribution in [-0.2, 0) is 0 Å². The molecule has 0 aliphatic carbocycles. The number of nitrogens with one attached hydrogen (secondary N) is 1. The van der Waals surface area contributed by atoms with Crippen LogP contribution in [0.3, 0.4) is 0 Å². The molecule has 0 saturated carbocycles. The van der Waals surface area contributed by atoms with Crippen molar-refractivity contribution in [3.8, 4) is 0 Å². The topological polar surface area (TPSA) is 38.7 Å². The molecule has 1 saturated heterocycles. The normalized spacial score (nSPS) is 21.3. The minimum absolute atomic E-state index is 0.101. The van der Waals surface area contributed by atoms with Gasteiger partial charge in [-0.15, -0.1) is 0 Å². The lowest BCUT2D eigenvalue weighted by Gasteiger charge is -2.35. The SMILES string of the molecule is CNC(C)(CO)CCCCN1CCN(CC(C)C)CC1.